The van der Waals surface area contributed by atoms with E-state index in [0.717, 1.165) is 6.42 Å². The van der Waals surface area contributed by atoms with Gasteiger partial charge in [0.2, 0.25) is 0 Å². The molecule has 2 heteroatoms. The van der Waals surface area contributed by atoms with Crippen LogP contribution in [-0.4, -0.2) is 6.04 Å². The maximum absolute atomic E-state index is 3.71. The third kappa shape index (κ3) is 3.69. The van der Waals surface area contributed by atoms with Crippen LogP contribution in [-0.2, 0) is 0 Å². The lowest BCUT2D eigenvalue weighted by atomic mass is 9.96. The Kier molecular flexibility index (Phi) is 5.49. The van der Waals surface area contributed by atoms with Crippen LogP contribution in [0.3, 0.4) is 0 Å². The van der Waals surface area contributed by atoms with Gasteiger partial charge in [-0.2, -0.15) is 0 Å². The van der Waals surface area contributed by atoms with Crippen molar-refractivity contribution in [1.82, 2.24) is 10.6 Å². The van der Waals surface area contributed by atoms with Gasteiger partial charge in [0.05, 0.1) is 0 Å². The zero-order valence-corrected chi connectivity index (χ0v) is 13.8. The number of hydrogen-bond acceptors (Lipinski definition) is 2. The van der Waals surface area contributed by atoms with Crippen molar-refractivity contribution < 1.29 is 0 Å². The van der Waals surface area contributed by atoms with Gasteiger partial charge in [0, 0.05) is 23.1 Å². The Hall–Kier alpha value is -1.70. The van der Waals surface area contributed by atoms with E-state index in [2.05, 4.69) is 61.8 Å². The minimum Gasteiger partial charge on any atom is -0.378 e. The van der Waals surface area contributed by atoms with E-state index < -0.39 is 0 Å². The summed E-state index contributed by atoms with van der Waals surface area (Å²) >= 11 is 0. The number of rotatable bonds is 5. The van der Waals surface area contributed by atoms with Crippen molar-refractivity contribution in [2.45, 2.75) is 59.4 Å². The van der Waals surface area contributed by atoms with Gasteiger partial charge < -0.3 is 10.6 Å². The van der Waals surface area contributed by atoms with Crippen LogP contribution in [0.2, 0.25) is 0 Å². The van der Waals surface area contributed by atoms with Gasteiger partial charge in [0.1, 0.15) is 0 Å². The van der Waals surface area contributed by atoms with Crippen molar-refractivity contribution in [2.24, 2.45) is 0 Å². The molecule has 114 valence electrons. The van der Waals surface area contributed by atoms with Gasteiger partial charge in [-0.05, 0) is 69.8 Å². The van der Waals surface area contributed by atoms with Crippen molar-refractivity contribution >= 4 is 0 Å². The van der Waals surface area contributed by atoms with Gasteiger partial charge >= 0.3 is 0 Å². The van der Waals surface area contributed by atoms with Crippen LogP contribution in [0, 0.1) is 0 Å². The van der Waals surface area contributed by atoms with Crippen LogP contribution in [0.15, 0.2) is 58.6 Å². The topological polar surface area (TPSA) is 24.1 Å². The van der Waals surface area contributed by atoms with Crippen LogP contribution in [0.25, 0.3) is 0 Å². The molecule has 0 aromatic heterocycles. The molecule has 0 radical (unpaired) electrons. The minimum absolute atomic E-state index is 0.516. The second kappa shape index (κ2) is 7.35. The summed E-state index contributed by atoms with van der Waals surface area (Å²) in [5.74, 6) is 0. The summed E-state index contributed by atoms with van der Waals surface area (Å²) in [5.41, 5.74) is 6.69. The molecule has 1 saturated carbocycles. The third-order valence-corrected chi connectivity index (χ3v) is 4.17. The Labute approximate surface area is 129 Å². The van der Waals surface area contributed by atoms with E-state index in [1.807, 2.05) is 6.92 Å². The number of allylic oxidation sites excluding steroid dienone is 7. The Morgan fingerprint density at radius 2 is 2.24 bits per heavy atom. The summed E-state index contributed by atoms with van der Waals surface area (Å²) in [4.78, 5) is 0. The highest BCUT2D eigenvalue weighted by atomic mass is 15.0. The molecule has 2 rings (SSSR count). The van der Waals surface area contributed by atoms with E-state index >= 15 is 0 Å². The minimum atomic E-state index is 0.516. The Bertz CT molecular complexity index is 530. The molecule has 0 spiro atoms. The Morgan fingerprint density at radius 3 is 2.95 bits per heavy atom. The SMILES string of the molecule is C/C=C\C=C(/C)NC1=C2CCCC2NC(/C=C\CC)=C1C. The monoisotopic (exact) mass is 284 g/mol. The molecule has 0 bridgehead atoms. The van der Waals surface area contributed by atoms with E-state index in [0.29, 0.717) is 6.04 Å². The van der Waals surface area contributed by atoms with Gasteiger partial charge in [-0.1, -0.05) is 25.2 Å². The molecular weight excluding hydrogens is 256 g/mol. The quantitative estimate of drug-likeness (QED) is 0.715. The molecule has 1 unspecified atom stereocenters. The standard InChI is InChI=1S/C19H28N2/c1-5-7-10-14(3)20-19-15(4)17(12-8-6-2)21-18-13-9-11-16(18)19/h5,7-8,10,12,18,20-21H,6,9,11,13H2,1-4H3/b7-5-,12-8-,14-10+. The number of hydrogen-bond donors (Lipinski definition) is 2. The fourth-order valence-electron chi connectivity index (χ4n) is 3.04. The van der Waals surface area contributed by atoms with Crippen molar-refractivity contribution in [2.75, 3.05) is 0 Å². The van der Waals surface area contributed by atoms with Crippen molar-refractivity contribution in [1.29, 1.82) is 0 Å². The lowest BCUT2D eigenvalue weighted by Gasteiger charge is -2.29. The molecule has 0 aromatic carbocycles. The molecule has 2 aliphatic rings. The molecule has 21 heavy (non-hydrogen) atoms. The van der Waals surface area contributed by atoms with E-state index in [4.69, 9.17) is 0 Å². The lowest BCUT2D eigenvalue weighted by molar-refractivity contribution is 0.632. The van der Waals surface area contributed by atoms with Crippen LogP contribution in [0.5, 0.6) is 0 Å². The number of nitrogens with one attached hydrogen (secondary N) is 2. The number of dihydropyridines is 1. The average molecular weight is 284 g/mol. The first kappa shape index (κ1) is 15.7. The molecule has 1 heterocycles. The third-order valence-electron chi connectivity index (χ3n) is 4.17. The number of fused-ring (bicyclic) bond motifs is 1. The highest BCUT2D eigenvalue weighted by molar-refractivity contribution is 5.48. The van der Waals surface area contributed by atoms with Gasteiger partial charge in [-0.25, -0.2) is 0 Å². The molecule has 0 saturated heterocycles. The molecule has 0 aromatic rings. The first-order chi connectivity index (χ1) is 10.2. The van der Waals surface area contributed by atoms with Crippen molar-refractivity contribution in [3.05, 3.63) is 58.6 Å². The Morgan fingerprint density at radius 1 is 1.43 bits per heavy atom. The largest absolute Gasteiger partial charge is 0.378 e. The highest BCUT2D eigenvalue weighted by Crippen LogP contribution is 2.35. The molecule has 0 amide bonds. The van der Waals surface area contributed by atoms with E-state index in [1.165, 1.54) is 41.9 Å². The second-order valence-electron chi connectivity index (χ2n) is 5.84. The summed E-state index contributed by atoms with van der Waals surface area (Å²) in [5, 5.41) is 7.35. The first-order valence-corrected chi connectivity index (χ1v) is 8.11. The summed E-state index contributed by atoms with van der Waals surface area (Å²) in [6.07, 6.45) is 15.5. The molecule has 1 atom stereocenters. The van der Waals surface area contributed by atoms with Crippen LogP contribution < -0.4 is 10.6 Å². The van der Waals surface area contributed by atoms with Gasteiger partial charge in [0.15, 0.2) is 0 Å². The van der Waals surface area contributed by atoms with Crippen LogP contribution >= 0.6 is 0 Å². The maximum Gasteiger partial charge on any atom is 0.0497 e. The molecule has 2 nitrogen and oxygen atoms in total. The van der Waals surface area contributed by atoms with Gasteiger partial charge in [-0.3, -0.25) is 0 Å². The lowest BCUT2D eigenvalue weighted by Crippen LogP contribution is -2.34. The summed E-state index contributed by atoms with van der Waals surface area (Å²) in [7, 11) is 0. The fraction of sp³-hybridized carbons (Fsp3) is 0.474. The molecule has 2 N–H and O–H groups in total. The van der Waals surface area contributed by atoms with Gasteiger partial charge in [0.25, 0.3) is 0 Å². The normalized spacial score (nSPS) is 23.2. The summed E-state index contributed by atoms with van der Waals surface area (Å²) in [6, 6.07) is 0.516. The fourth-order valence-corrected chi connectivity index (χ4v) is 3.04. The van der Waals surface area contributed by atoms with Crippen molar-refractivity contribution in [3.63, 3.8) is 0 Å². The second-order valence-corrected chi connectivity index (χ2v) is 5.84. The molecule has 1 fully saturated rings. The van der Waals surface area contributed by atoms with Crippen LogP contribution in [0.4, 0.5) is 0 Å². The van der Waals surface area contributed by atoms with E-state index in [9.17, 15) is 0 Å². The van der Waals surface area contributed by atoms with Crippen LogP contribution in [0.1, 0.15) is 53.4 Å². The average Bonchev–Trinajstić information content (AvgIpc) is 2.94. The summed E-state index contributed by atoms with van der Waals surface area (Å²) < 4.78 is 0. The van der Waals surface area contributed by atoms with Gasteiger partial charge in [-0.15, -0.1) is 0 Å². The molecule has 1 aliphatic carbocycles. The zero-order chi connectivity index (χ0) is 15.2. The van der Waals surface area contributed by atoms with Crippen molar-refractivity contribution in [3.8, 4) is 0 Å². The highest BCUT2D eigenvalue weighted by Gasteiger charge is 2.29. The molecule has 1 aliphatic heterocycles. The zero-order valence-electron chi connectivity index (χ0n) is 13.8. The molecular formula is C19H28N2. The van der Waals surface area contributed by atoms with E-state index in [-0.39, 0.29) is 0 Å². The smallest absolute Gasteiger partial charge is 0.0497 e. The predicted octanol–water partition coefficient (Wildman–Crippen LogP) is 4.71. The maximum atomic E-state index is 3.71. The summed E-state index contributed by atoms with van der Waals surface area (Å²) in [6.45, 7) is 8.57. The Balaban J connectivity index is 2.32. The predicted molar refractivity (Wildman–Crippen MR) is 91.6 cm³/mol. The first-order valence-electron chi connectivity index (χ1n) is 8.11. The van der Waals surface area contributed by atoms with E-state index in [1.54, 1.807) is 5.57 Å².